The zero-order chi connectivity index (χ0) is 26.9. The molecule has 1 saturated heterocycles. The number of nitrogens with one attached hydrogen (secondary N) is 1. The summed E-state index contributed by atoms with van der Waals surface area (Å²) in [6.45, 7) is -0.246. The van der Waals surface area contributed by atoms with Crippen molar-refractivity contribution in [1.82, 2.24) is 15.0 Å². The number of sulfone groups is 1. The topological polar surface area (TPSA) is 112 Å². The maximum atomic E-state index is 13.6. The van der Waals surface area contributed by atoms with Gasteiger partial charge in [0.25, 0.3) is 9.84 Å². The number of fused-ring (bicyclic) bond motifs is 1. The molecule has 4 aromatic rings. The van der Waals surface area contributed by atoms with E-state index >= 15 is 0 Å². The van der Waals surface area contributed by atoms with Crippen LogP contribution >= 0.6 is 11.3 Å². The van der Waals surface area contributed by atoms with E-state index < -0.39 is 39.1 Å². The van der Waals surface area contributed by atoms with Crippen molar-refractivity contribution in [1.29, 1.82) is 5.26 Å². The molecule has 2 aromatic carbocycles. The Morgan fingerprint density at radius 1 is 1.08 bits per heavy atom. The van der Waals surface area contributed by atoms with Crippen LogP contribution in [0.3, 0.4) is 0 Å². The molecule has 196 valence electrons. The summed E-state index contributed by atoms with van der Waals surface area (Å²) in [5.74, 6) is -0.759. The second-order valence-corrected chi connectivity index (χ2v) is 12.0. The number of benzene rings is 2. The van der Waals surface area contributed by atoms with Crippen molar-refractivity contribution in [3.63, 3.8) is 0 Å². The molecule has 3 heterocycles. The van der Waals surface area contributed by atoms with Crippen LogP contribution in [0.5, 0.6) is 0 Å². The molecule has 13 heteroatoms. The first-order valence-electron chi connectivity index (χ1n) is 11.6. The third-order valence-electron chi connectivity index (χ3n) is 6.34. The fourth-order valence-electron chi connectivity index (χ4n) is 4.43. The molecule has 3 unspecified atom stereocenters. The quantitative estimate of drug-likeness (QED) is 0.361. The zero-order valence-electron chi connectivity index (χ0n) is 19.7. The molecule has 0 radical (unpaired) electrons. The Bertz CT molecular complexity index is 1550. The zero-order valence-corrected chi connectivity index (χ0v) is 21.3. The van der Waals surface area contributed by atoms with Gasteiger partial charge in [0.1, 0.15) is 16.2 Å². The highest BCUT2D eigenvalue weighted by atomic mass is 32.2. The van der Waals surface area contributed by atoms with E-state index in [0.717, 1.165) is 10.2 Å². The number of alkyl halides is 3. The fraction of sp³-hybridized carbons (Fsp3) is 0.280. The predicted molar refractivity (Wildman–Crippen MR) is 139 cm³/mol. The summed E-state index contributed by atoms with van der Waals surface area (Å²) in [5, 5.41) is 11.6. The number of piperidine rings is 1. The average molecular weight is 559 g/mol. The van der Waals surface area contributed by atoms with E-state index in [0.29, 0.717) is 16.4 Å². The Balaban J connectivity index is 1.44. The molecule has 0 spiro atoms. The third kappa shape index (κ3) is 5.01. The van der Waals surface area contributed by atoms with E-state index in [-0.39, 0.29) is 18.9 Å². The van der Waals surface area contributed by atoms with Crippen molar-refractivity contribution in [3.05, 3.63) is 77.6 Å². The Morgan fingerprint density at radius 3 is 2.53 bits per heavy atom. The molecular formula is C25H21F3N6O2S2. The summed E-state index contributed by atoms with van der Waals surface area (Å²) in [6, 6.07) is 18.7. The maximum Gasteiger partial charge on any atom is 0.497 e. The smallest absolute Gasteiger partial charge is 0.381 e. The molecule has 1 aliphatic heterocycles. The van der Waals surface area contributed by atoms with Crippen LogP contribution in [-0.2, 0) is 9.84 Å². The molecule has 0 saturated carbocycles. The molecule has 38 heavy (non-hydrogen) atoms. The van der Waals surface area contributed by atoms with Gasteiger partial charge in [-0.1, -0.05) is 30.3 Å². The normalized spacial score (nSPS) is 19.2. The first kappa shape index (κ1) is 25.9. The lowest BCUT2D eigenvalue weighted by Crippen LogP contribution is -2.56. The lowest BCUT2D eigenvalue weighted by molar-refractivity contribution is -0.0447. The minimum absolute atomic E-state index is 0.0596. The SMILES string of the molecule is N#CC(c1ccnc(N2CCC(Nc3ccccc3)C(S(=O)(=O)C(F)(F)F)C2)n1)c1nc2ccccc2s1. The van der Waals surface area contributed by atoms with Crippen molar-refractivity contribution in [2.45, 2.75) is 29.1 Å². The summed E-state index contributed by atoms with van der Waals surface area (Å²) in [4.78, 5) is 14.6. The average Bonchev–Trinajstić information content (AvgIpc) is 3.33. The number of para-hydroxylation sites is 2. The Hall–Kier alpha value is -3.76. The van der Waals surface area contributed by atoms with Crippen molar-refractivity contribution in [2.24, 2.45) is 0 Å². The summed E-state index contributed by atoms with van der Waals surface area (Å²) in [7, 11) is -5.52. The highest BCUT2D eigenvalue weighted by Crippen LogP contribution is 2.35. The predicted octanol–water partition coefficient (Wildman–Crippen LogP) is 4.74. The van der Waals surface area contributed by atoms with Gasteiger partial charge < -0.3 is 10.2 Å². The molecule has 0 amide bonds. The van der Waals surface area contributed by atoms with Gasteiger partial charge in [-0.3, -0.25) is 0 Å². The van der Waals surface area contributed by atoms with Gasteiger partial charge in [0.05, 0.1) is 22.0 Å². The van der Waals surface area contributed by atoms with Crippen molar-refractivity contribution in [3.8, 4) is 6.07 Å². The monoisotopic (exact) mass is 558 g/mol. The van der Waals surface area contributed by atoms with Crippen LogP contribution < -0.4 is 10.2 Å². The highest BCUT2D eigenvalue weighted by molar-refractivity contribution is 7.93. The van der Waals surface area contributed by atoms with Crippen LogP contribution in [0.15, 0.2) is 66.9 Å². The number of halogens is 3. The van der Waals surface area contributed by atoms with Gasteiger partial charge in [-0.2, -0.15) is 18.4 Å². The molecule has 1 N–H and O–H groups in total. The van der Waals surface area contributed by atoms with Gasteiger partial charge in [0.15, 0.2) is 0 Å². The number of nitriles is 1. The van der Waals surface area contributed by atoms with Crippen LogP contribution in [0.25, 0.3) is 10.2 Å². The van der Waals surface area contributed by atoms with Crippen molar-refractivity contribution < 1.29 is 21.6 Å². The van der Waals surface area contributed by atoms with Crippen molar-refractivity contribution >= 4 is 43.0 Å². The Kier molecular flexibility index (Phi) is 6.93. The van der Waals surface area contributed by atoms with E-state index in [1.807, 2.05) is 24.3 Å². The summed E-state index contributed by atoms with van der Waals surface area (Å²) < 4.78 is 67.0. The summed E-state index contributed by atoms with van der Waals surface area (Å²) >= 11 is 1.35. The number of anilines is 2. The minimum atomic E-state index is -5.52. The highest BCUT2D eigenvalue weighted by Gasteiger charge is 2.54. The Labute approximate surface area is 220 Å². The van der Waals surface area contributed by atoms with E-state index in [1.54, 1.807) is 36.4 Å². The Morgan fingerprint density at radius 2 is 1.82 bits per heavy atom. The molecule has 1 fully saturated rings. The van der Waals surface area contributed by atoms with Gasteiger partial charge in [-0.15, -0.1) is 11.3 Å². The van der Waals surface area contributed by atoms with Gasteiger partial charge in [0.2, 0.25) is 5.95 Å². The lowest BCUT2D eigenvalue weighted by atomic mass is 10.0. The van der Waals surface area contributed by atoms with Crippen LogP contribution in [0.4, 0.5) is 24.8 Å². The van der Waals surface area contributed by atoms with Gasteiger partial charge in [-0.05, 0) is 36.8 Å². The number of nitrogens with zero attached hydrogens (tertiary/aromatic N) is 5. The van der Waals surface area contributed by atoms with E-state index in [1.165, 1.54) is 22.4 Å². The first-order valence-corrected chi connectivity index (χ1v) is 14.0. The number of rotatable bonds is 6. The van der Waals surface area contributed by atoms with Crippen molar-refractivity contribution in [2.75, 3.05) is 23.3 Å². The third-order valence-corrected chi connectivity index (χ3v) is 9.36. The molecule has 5 rings (SSSR count). The van der Waals surface area contributed by atoms with Crippen LogP contribution in [0.2, 0.25) is 0 Å². The second-order valence-electron chi connectivity index (χ2n) is 8.74. The number of hydrogen-bond acceptors (Lipinski definition) is 9. The molecule has 0 aliphatic carbocycles. The van der Waals surface area contributed by atoms with Crippen LogP contribution in [-0.4, -0.2) is 53.3 Å². The summed E-state index contributed by atoms with van der Waals surface area (Å²) in [6.07, 6.45) is 1.51. The van der Waals surface area contributed by atoms with Crippen LogP contribution in [0.1, 0.15) is 23.0 Å². The molecule has 1 aliphatic rings. The van der Waals surface area contributed by atoms with Gasteiger partial charge in [-0.25, -0.2) is 23.4 Å². The molecule has 0 bridgehead atoms. The fourth-order valence-corrected chi connectivity index (χ4v) is 6.82. The summed E-state index contributed by atoms with van der Waals surface area (Å²) in [5.41, 5.74) is -3.82. The molecular weight excluding hydrogens is 537 g/mol. The maximum absolute atomic E-state index is 13.6. The minimum Gasteiger partial charge on any atom is -0.381 e. The van der Waals surface area contributed by atoms with E-state index in [9.17, 15) is 26.9 Å². The lowest BCUT2D eigenvalue weighted by Gasteiger charge is -2.39. The molecule has 8 nitrogen and oxygen atoms in total. The number of aromatic nitrogens is 3. The van der Waals surface area contributed by atoms with E-state index in [4.69, 9.17) is 0 Å². The largest absolute Gasteiger partial charge is 0.497 e. The van der Waals surface area contributed by atoms with E-state index in [2.05, 4.69) is 26.3 Å². The van der Waals surface area contributed by atoms with Crippen LogP contribution in [0, 0.1) is 11.3 Å². The van der Waals surface area contributed by atoms with Gasteiger partial charge >= 0.3 is 5.51 Å². The molecule has 3 atom stereocenters. The number of hydrogen-bond donors (Lipinski definition) is 1. The second kappa shape index (κ2) is 10.2. The number of thiazole rings is 1. The standard InChI is InChI=1S/C25H21F3N6O2S2/c26-25(27,28)38(35,36)22-15-34(13-11-20(22)31-16-6-2-1-3-7-16)24-30-12-10-18(33-24)17(14-29)23-32-19-8-4-5-9-21(19)37-23/h1-10,12,17,20,22,31H,11,13,15H2. The van der Waals surface area contributed by atoms with Gasteiger partial charge in [0, 0.05) is 31.0 Å². The first-order chi connectivity index (χ1) is 18.2. The molecule has 2 aromatic heterocycles.